The number of hydrogen-bond acceptors (Lipinski definition) is 7. The van der Waals surface area contributed by atoms with Gasteiger partial charge < -0.3 is 19.3 Å². The zero-order valence-electron chi connectivity index (χ0n) is 19.1. The van der Waals surface area contributed by atoms with Crippen LogP contribution < -0.4 is 15.2 Å². The molecule has 0 spiro atoms. The second-order valence-electron chi connectivity index (χ2n) is 8.86. The molecule has 4 atom stereocenters. The number of pyridine rings is 1. The largest absolute Gasteiger partial charge is 0.496 e. The summed E-state index contributed by atoms with van der Waals surface area (Å²) in [4.78, 5) is 31.4. The number of carbonyl (C=O) groups is 1. The van der Waals surface area contributed by atoms with Gasteiger partial charge >= 0.3 is 6.09 Å². The fourth-order valence-corrected chi connectivity index (χ4v) is 5.23. The number of alkyl halides is 1. The second-order valence-corrected chi connectivity index (χ2v) is 8.86. The number of methoxy groups -OCH3 is 1. The van der Waals surface area contributed by atoms with Gasteiger partial charge in [-0.25, -0.2) is 14.2 Å². The summed E-state index contributed by atoms with van der Waals surface area (Å²) in [7, 11) is 4.92. The number of rotatable bonds is 4. The van der Waals surface area contributed by atoms with E-state index in [-0.39, 0.29) is 11.6 Å². The predicted octanol–water partition coefficient (Wildman–Crippen LogP) is 2.46. The molecule has 2 fully saturated rings. The quantitative estimate of drug-likeness (QED) is 0.621. The Balaban J connectivity index is 1.43. The number of halogens is 1. The lowest BCUT2D eigenvalue weighted by molar-refractivity contribution is 0.0489. The highest BCUT2D eigenvalue weighted by Gasteiger charge is 2.51. The van der Waals surface area contributed by atoms with Crippen LogP contribution in [0.1, 0.15) is 19.3 Å². The minimum Gasteiger partial charge on any atom is -0.496 e. The zero-order valence-corrected chi connectivity index (χ0v) is 19.1. The van der Waals surface area contributed by atoms with E-state index in [1.165, 1.54) is 22.8 Å². The molecule has 2 aromatic heterocycles. The number of anilines is 1. The molecule has 2 aliphatic heterocycles. The summed E-state index contributed by atoms with van der Waals surface area (Å²) in [6.07, 6.45) is 2.39. The number of piperidine rings is 1. The molecule has 178 valence electrons. The lowest BCUT2D eigenvalue weighted by atomic mass is 9.94. The van der Waals surface area contributed by atoms with Crippen molar-refractivity contribution in [2.24, 2.45) is 7.05 Å². The van der Waals surface area contributed by atoms with Crippen molar-refractivity contribution in [3.8, 4) is 17.1 Å². The van der Waals surface area contributed by atoms with Crippen LogP contribution in [-0.4, -0.2) is 74.3 Å². The summed E-state index contributed by atoms with van der Waals surface area (Å²) in [6.45, 7) is 0. The number of ether oxygens (including phenoxy) is 1. The van der Waals surface area contributed by atoms with Crippen molar-refractivity contribution < 1.29 is 19.0 Å². The molecular formula is C23H25FN6O4. The number of hydrogen-bond donors (Lipinski definition) is 1. The summed E-state index contributed by atoms with van der Waals surface area (Å²) in [5.41, 5.74) is 0.447. The smallest absolute Gasteiger partial charge is 0.407 e. The molecule has 0 radical (unpaired) electrons. The third-order valence-electron chi connectivity index (χ3n) is 7.07. The van der Waals surface area contributed by atoms with Crippen LogP contribution in [0.25, 0.3) is 22.2 Å². The Morgan fingerprint density at radius 3 is 2.76 bits per heavy atom. The second kappa shape index (κ2) is 8.23. The van der Waals surface area contributed by atoms with Gasteiger partial charge in [-0.2, -0.15) is 0 Å². The molecule has 5 rings (SSSR count). The van der Waals surface area contributed by atoms with Crippen molar-refractivity contribution in [3.63, 3.8) is 0 Å². The van der Waals surface area contributed by atoms with Crippen LogP contribution >= 0.6 is 0 Å². The van der Waals surface area contributed by atoms with Crippen molar-refractivity contribution in [2.75, 3.05) is 19.1 Å². The molecule has 4 heterocycles. The Hall–Kier alpha value is -3.76. The third-order valence-corrected chi connectivity index (χ3v) is 7.07. The fourth-order valence-electron chi connectivity index (χ4n) is 5.23. The number of amides is 1. The Morgan fingerprint density at radius 1 is 1.29 bits per heavy atom. The van der Waals surface area contributed by atoms with E-state index in [0.29, 0.717) is 47.6 Å². The van der Waals surface area contributed by atoms with Crippen LogP contribution in [-0.2, 0) is 7.05 Å². The first kappa shape index (κ1) is 22.1. The summed E-state index contributed by atoms with van der Waals surface area (Å²) >= 11 is 0. The van der Waals surface area contributed by atoms with E-state index in [2.05, 4.69) is 15.2 Å². The minimum atomic E-state index is -1.33. The van der Waals surface area contributed by atoms with Gasteiger partial charge in [0.25, 0.3) is 5.56 Å². The van der Waals surface area contributed by atoms with E-state index in [1.807, 2.05) is 6.07 Å². The van der Waals surface area contributed by atoms with E-state index in [9.17, 15) is 14.7 Å². The molecule has 0 unspecified atom stereocenters. The highest BCUT2D eigenvalue weighted by Crippen LogP contribution is 2.40. The number of benzene rings is 1. The van der Waals surface area contributed by atoms with Gasteiger partial charge in [-0.05, 0) is 42.8 Å². The van der Waals surface area contributed by atoms with E-state index < -0.39 is 24.3 Å². The molecule has 2 aliphatic rings. The van der Waals surface area contributed by atoms with Crippen molar-refractivity contribution in [1.82, 2.24) is 24.6 Å². The van der Waals surface area contributed by atoms with E-state index in [0.717, 1.165) is 5.39 Å². The molecular weight excluding hydrogens is 443 g/mol. The highest BCUT2D eigenvalue weighted by atomic mass is 19.1. The summed E-state index contributed by atoms with van der Waals surface area (Å²) in [5.74, 6) is 1.16. The zero-order chi connectivity index (χ0) is 24.1. The molecule has 0 aliphatic carbocycles. The SMILES string of the molecule is COc1cc2c(=O)n(C)ccc2cc1-c1ncc(N(C)[C@@H]2C[C@H]3CC[C@@H]([C@@H]2F)N3C(=O)O)nn1. The van der Waals surface area contributed by atoms with Crippen molar-refractivity contribution in [3.05, 3.63) is 40.9 Å². The predicted molar refractivity (Wildman–Crippen MR) is 123 cm³/mol. The molecule has 1 aromatic carbocycles. The van der Waals surface area contributed by atoms with Gasteiger partial charge in [-0.15, -0.1) is 10.2 Å². The highest BCUT2D eigenvalue weighted by molar-refractivity contribution is 5.88. The number of nitrogens with zero attached hydrogens (tertiary/aromatic N) is 6. The van der Waals surface area contributed by atoms with Crippen molar-refractivity contribution in [2.45, 2.75) is 43.6 Å². The van der Waals surface area contributed by atoms with Gasteiger partial charge in [0, 0.05) is 26.3 Å². The fraction of sp³-hybridized carbons (Fsp3) is 0.435. The molecule has 11 heteroatoms. The Morgan fingerprint density at radius 2 is 2.09 bits per heavy atom. The van der Waals surface area contributed by atoms with Crippen LogP contribution in [0.15, 0.2) is 35.4 Å². The lowest BCUT2D eigenvalue weighted by Gasteiger charge is -2.43. The molecule has 3 aromatic rings. The lowest BCUT2D eigenvalue weighted by Crippen LogP contribution is -2.58. The first-order chi connectivity index (χ1) is 16.3. The molecule has 2 bridgehead atoms. The maximum Gasteiger partial charge on any atom is 0.407 e. The Bertz CT molecular complexity index is 1310. The van der Waals surface area contributed by atoms with Gasteiger partial charge in [0.1, 0.15) is 11.9 Å². The monoisotopic (exact) mass is 468 g/mol. The minimum absolute atomic E-state index is 0.137. The van der Waals surface area contributed by atoms with Crippen LogP contribution in [0, 0.1) is 0 Å². The number of aryl methyl sites for hydroxylation is 1. The first-order valence-corrected chi connectivity index (χ1v) is 11.1. The van der Waals surface area contributed by atoms with Gasteiger partial charge in [0.05, 0.1) is 36.3 Å². The van der Waals surface area contributed by atoms with Crippen molar-refractivity contribution >= 4 is 22.7 Å². The number of fused-ring (bicyclic) bond motifs is 3. The van der Waals surface area contributed by atoms with Gasteiger partial charge in [-0.1, -0.05) is 0 Å². The van der Waals surface area contributed by atoms with Gasteiger partial charge in [-0.3, -0.25) is 9.69 Å². The molecule has 34 heavy (non-hydrogen) atoms. The molecule has 1 amide bonds. The van der Waals surface area contributed by atoms with Gasteiger partial charge in [0.2, 0.25) is 0 Å². The summed E-state index contributed by atoms with van der Waals surface area (Å²) < 4.78 is 22.3. The van der Waals surface area contributed by atoms with Crippen molar-refractivity contribution in [1.29, 1.82) is 0 Å². The summed E-state index contributed by atoms with van der Waals surface area (Å²) in [6, 6.07) is 3.92. The Labute approximate surface area is 194 Å². The van der Waals surface area contributed by atoms with Crippen LogP contribution in [0.2, 0.25) is 0 Å². The average Bonchev–Trinajstić information content (AvgIpc) is 3.20. The van der Waals surface area contributed by atoms with E-state index in [1.54, 1.807) is 37.3 Å². The topological polar surface area (TPSA) is 114 Å². The first-order valence-electron chi connectivity index (χ1n) is 11.1. The van der Waals surface area contributed by atoms with Crippen LogP contribution in [0.3, 0.4) is 0 Å². The summed E-state index contributed by atoms with van der Waals surface area (Å²) in [5, 5.41) is 19.2. The standard InChI is InChI=1S/C23H25FN6O4/c1-28-7-6-12-8-15(18(34-3)10-14(12)22(28)31)21-25-11-19(26-27-21)29(2)17-9-13-4-5-16(20(17)24)30(13)23(32)33/h6-8,10-11,13,16-17,20H,4-5,9H2,1-3H3,(H,32,33)/t13-,16+,17-,20+/m1/s1. The number of aromatic nitrogens is 4. The molecule has 1 N–H and O–H groups in total. The third kappa shape index (κ3) is 3.42. The maximum absolute atomic E-state index is 15.3. The van der Waals surface area contributed by atoms with E-state index >= 15 is 4.39 Å². The Kier molecular flexibility index (Phi) is 5.34. The van der Waals surface area contributed by atoms with Crippen LogP contribution in [0.5, 0.6) is 5.75 Å². The normalized spacial score (nSPS) is 23.8. The number of carboxylic acid groups (broad SMARTS) is 1. The maximum atomic E-state index is 15.3. The van der Waals surface area contributed by atoms with E-state index in [4.69, 9.17) is 4.74 Å². The molecule has 10 nitrogen and oxygen atoms in total. The van der Waals surface area contributed by atoms with Gasteiger partial charge in [0.15, 0.2) is 11.6 Å². The van der Waals surface area contributed by atoms with Crippen LogP contribution in [0.4, 0.5) is 15.0 Å². The molecule has 2 saturated heterocycles. The average molecular weight is 468 g/mol. The molecule has 0 saturated carbocycles.